The van der Waals surface area contributed by atoms with E-state index in [4.69, 9.17) is 10.5 Å². The van der Waals surface area contributed by atoms with E-state index in [1.807, 2.05) is 12.1 Å². The molecule has 19 heavy (non-hydrogen) atoms. The SMILES string of the molecule is CCC(CC)N(C)C(CN)c1cc(Br)ccc1OC. The summed E-state index contributed by atoms with van der Waals surface area (Å²) in [5.41, 5.74) is 7.16. The summed E-state index contributed by atoms with van der Waals surface area (Å²) in [7, 11) is 3.85. The van der Waals surface area contributed by atoms with Gasteiger partial charge in [0.05, 0.1) is 13.2 Å². The molecule has 0 heterocycles. The van der Waals surface area contributed by atoms with E-state index in [1.54, 1.807) is 7.11 Å². The lowest BCUT2D eigenvalue weighted by molar-refractivity contribution is 0.165. The number of nitrogens with zero attached hydrogens (tertiary/aromatic N) is 1. The second-order valence-corrected chi connectivity index (χ2v) is 5.69. The van der Waals surface area contributed by atoms with Crippen LogP contribution in [-0.4, -0.2) is 31.6 Å². The van der Waals surface area contributed by atoms with Gasteiger partial charge in [-0.25, -0.2) is 0 Å². The molecule has 3 nitrogen and oxygen atoms in total. The zero-order chi connectivity index (χ0) is 14.4. The highest BCUT2D eigenvalue weighted by atomic mass is 79.9. The Balaban J connectivity index is 3.11. The maximum Gasteiger partial charge on any atom is 0.123 e. The van der Waals surface area contributed by atoms with Gasteiger partial charge in [0.25, 0.3) is 0 Å². The third kappa shape index (κ3) is 3.94. The van der Waals surface area contributed by atoms with Gasteiger partial charge >= 0.3 is 0 Å². The number of benzene rings is 1. The number of hydrogen-bond donors (Lipinski definition) is 1. The van der Waals surface area contributed by atoms with E-state index in [0.717, 1.165) is 28.6 Å². The fraction of sp³-hybridized carbons (Fsp3) is 0.600. The van der Waals surface area contributed by atoms with Crippen LogP contribution in [0.5, 0.6) is 5.75 Å². The standard InChI is InChI=1S/C15H25BrN2O/c1-5-12(6-2)18(3)14(10-17)13-9-11(16)7-8-15(13)19-4/h7-9,12,14H,5-6,10,17H2,1-4H3. The molecule has 0 fully saturated rings. The minimum Gasteiger partial charge on any atom is -0.496 e. The van der Waals surface area contributed by atoms with Crippen LogP contribution in [0.1, 0.15) is 38.3 Å². The van der Waals surface area contributed by atoms with E-state index in [1.165, 1.54) is 0 Å². The van der Waals surface area contributed by atoms with Crippen LogP contribution in [0.15, 0.2) is 22.7 Å². The Morgan fingerprint density at radius 3 is 2.42 bits per heavy atom. The molecule has 0 aliphatic heterocycles. The van der Waals surface area contributed by atoms with Crippen molar-refractivity contribution in [3.8, 4) is 5.75 Å². The average Bonchev–Trinajstić information content (AvgIpc) is 2.41. The summed E-state index contributed by atoms with van der Waals surface area (Å²) in [5.74, 6) is 0.899. The Hall–Kier alpha value is -0.580. The largest absolute Gasteiger partial charge is 0.496 e. The summed E-state index contributed by atoms with van der Waals surface area (Å²) in [6.07, 6.45) is 2.25. The maximum atomic E-state index is 6.01. The van der Waals surface area contributed by atoms with Gasteiger partial charge in [0.1, 0.15) is 5.75 Å². The van der Waals surface area contributed by atoms with Crippen LogP contribution in [0.3, 0.4) is 0 Å². The molecule has 0 saturated heterocycles. The highest BCUT2D eigenvalue weighted by molar-refractivity contribution is 9.10. The van der Waals surface area contributed by atoms with Crippen LogP contribution in [-0.2, 0) is 0 Å². The summed E-state index contributed by atoms with van der Waals surface area (Å²) < 4.78 is 6.53. The summed E-state index contributed by atoms with van der Waals surface area (Å²) in [6.45, 7) is 5.02. The molecule has 1 aromatic rings. The third-order valence-corrected chi connectivity index (χ3v) is 4.28. The number of rotatable bonds is 7. The van der Waals surface area contributed by atoms with Crippen LogP contribution in [0, 0.1) is 0 Å². The number of hydrogen-bond acceptors (Lipinski definition) is 3. The number of ether oxygens (including phenoxy) is 1. The molecule has 108 valence electrons. The van der Waals surface area contributed by atoms with Gasteiger partial charge in [-0.2, -0.15) is 0 Å². The predicted octanol–water partition coefficient (Wildman–Crippen LogP) is 3.58. The van der Waals surface area contributed by atoms with Crippen molar-refractivity contribution in [2.45, 2.75) is 38.8 Å². The molecule has 1 atom stereocenters. The van der Waals surface area contributed by atoms with E-state index < -0.39 is 0 Å². The van der Waals surface area contributed by atoms with Gasteiger partial charge in [0.2, 0.25) is 0 Å². The first kappa shape index (κ1) is 16.5. The molecule has 2 N–H and O–H groups in total. The Bertz CT molecular complexity index is 394. The fourth-order valence-electron chi connectivity index (χ4n) is 2.60. The van der Waals surface area contributed by atoms with Crippen LogP contribution in [0.2, 0.25) is 0 Å². The monoisotopic (exact) mass is 328 g/mol. The van der Waals surface area contributed by atoms with Crippen molar-refractivity contribution in [1.29, 1.82) is 0 Å². The smallest absolute Gasteiger partial charge is 0.123 e. The molecule has 0 amide bonds. The van der Waals surface area contributed by atoms with Crippen molar-refractivity contribution in [3.63, 3.8) is 0 Å². The zero-order valence-corrected chi connectivity index (χ0v) is 13.9. The van der Waals surface area contributed by atoms with Gasteiger partial charge in [-0.15, -0.1) is 0 Å². The van der Waals surface area contributed by atoms with Crippen LogP contribution in [0.4, 0.5) is 0 Å². The molecule has 1 aromatic carbocycles. The molecule has 0 spiro atoms. The Labute approximate surface area is 125 Å². The van der Waals surface area contributed by atoms with Crippen molar-refractivity contribution >= 4 is 15.9 Å². The predicted molar refractivity (Wildman–Crippen MR) is 84.6 cm³/mol. The number of halogens is 1. The Kier molecular flexibility index (Phi) is 6.83. The molecule has 0 aliphatic rings. The Morgan fingerprint density at radius 1 is 1.32 bits per heavy atom. The molecule has 0 radical (unpaired) electrons. The van der Waals surface area contributed by atoms with Gasteiger partial charge in [0, 0.05) is 22.6 Å². The number of methoxy groups -OCH3 is 1. The quantitative estimate of drug-likeness (QED) is 0.831. The molecule has 1 unspecified atom stereocenters. The van der Waals surface area contributed by atoms with Gasteiger partial charge in [-0.05, 0) is 38.1 Å². The first-order valence-corrected chi connectivity index (χ1v) is 7.63. The van der Waals surface area contributed by atoms with Crippen molar-refractivity contribution in [3.05, 3.63) is 28.2 Å². The van der Waals surface area contributed by atoms with Crippen LogP contribution < -0.4 is 10.5 Å². The van der Waals surface area contributed by atoms with Crippen molar-refractivity contribution < 1.29 is 4.74 Å². The molecule has 0 saturated carbocycles. The molecule has 4 heteroatoms. The summed E-state index contributed by atoms with van der Waals surface area (Å²) in [4.78, 5) is 2.37. The highest BCUT2D eigenvalue weighted by Gasteiger charge is 2.23. The average molecular weight is 329 g/mol. The lowest BCUT2D eigenvalue weighted by Crippen LogP contribution is -2.38. The number of likely N-dealkylation sites (N-methyl/N-ethyl adjacent to an activating group) is 1. The van der Waals surface area contributed by atoms with Gasteiger partial charge in [-0.3, -0.25) is 4.90 Å². The van der Waals surface area contributed by atoms with Crippen molar-refractivity contribution in [2.75, 3.05) is 20.7 Å². The van der Waals surface area contributed by atoms with Crippen molar-refractivity contribution in [1.82, 2.24) is 4.90 Å². The molecular weight excluding hydrogens is 304 g/mol. The topological polar surface area (TPSA) is 38.5 Å². The number of nitrogens with two attached hydrogens (primary N) is 1. The second-order valence-electron chi connectivity index (χ2n) is 4.77. The molecule has 0 bridgehead atoms. The zero-order valence-electron chi connectivity index (χ0n) is 12.3. The van der Waals surface area contributed by atoms with Gasteiger partial charge in [0.15, 0.2) is 0 Å². The van der Waals surface area contributed by atoms with Gasteiger partial charge < -0.3 is 10.5 Å². The normalized spacial score (nSPS) is 13.1. The maximum absolute atomic E-state index is 6.01. The van der Waals surface area contributed by atoms with E-state index in [0.29, 0.717) is 12.6 Å². The molecule has 0 aromatic heterocycles. The molecule has 0 aliphatic carbocycles. The summed E-state index contributed by atoms with van der Waals surface area (Å²) >= 11 is 3.53. The first-order chi connectivity index (χ1) is 9.08. The first-order valence-electron chi connectivity index (χ1n) is 6.84. The van der Waals surface area contributed by atoms with Crippen molar-refractivity contribution in [2.24, 2.45) is 5.73 Å². The van der Waals surface area contributed by atoms with Gasteiger partial charge in [-0.1, -0.05) is 29.8 Å². The lowest BCUT2D eigenvalue weighted by Gasteiger charge is -2.34. The summed E-state index contributed by atoms with van der Waals surface area (Å²) in [5, 5.41) is 0. The highest BCUT2D eigenvalue weighted by Crippen LogP contribution is 2.32. The third-order valence-electron chi connectivity index (χ3n) is 3.78. The summed E-state index contributed by atoms with van der Waals surface area (Å²) in [6, 6.07) is 6.81. The fourth-order valence-corrected chi connectivity index (χ4v) is 2.98. The molecular formula is C15H25BrN2O. The minimum atomic E-state index is 0.178. The lowest BCUT2D eigenvalue weighted by atomic mass is 10.0. The Morgan fingerprint density at radius 2 is 1.95 bits per heavy atom. The minimum absolute atomic E-state index is 0.178. The van der Waals surface area contributed by atoms with E-state index in [2.05, 4.69) is 47.8 Å². The van der Waals surface area contributed by atoms with E-state index in [9.17, 15) is 0 Å². The van der Waals surface area contributed by atoms with Crippen LogP contribution >= 0.6 is 15.9 Å². The molecule has 1 rings (SSSR count). The second kappa shape index (κ2) is 7.88. The van der Waals surface area contributed by atoms with E-state index >= 15 is 0 Å². The van der Waals surface area contributed by atoms with Crippen LogP contribution in [0.25, 0.3) is 0 Å². The van der Waals surface area contributed by atoms with E-state index in [-0.39, 0.29) is 6.04 Å².